The lowest BCUT2D eigenvalue weighted by Gasteiger charge is -2.05. The number of carboxylic acid groups (broad SMARTS) is 2. The summed E-state index contributed by atoms with van der Waals surface area (Å²) in [4.78, 5) is 30.0. The first kappa shape index (κ1) is 14.4. The zero-order valence-electron chi connectivity index (χ0n) is 9.89. The first-order valence-corrected chi connectivity index (χ1v) is 7.45. The van der Waals surface area contributed by atoms with E-state index in [0.717, 1.165) is 21.6 Å². The number of aromatic nitrogens is 2. The molecule has 20 heavy (non-hydrogen) atoms. The van der Waals surface area contributed by atoms with Gasteiger partial charge in [-0.2, -0.15) is 0 Å². The molecule has 0 aromatic carbocycles. The largest absolute Gasteiger partial charge is 0.478 e. The van der Waals surface area contributed by atoms with E-state index in [1.165, 1.54) is 36.7 Å². The number of hydrogen-bond acceptors (Lipinski definition) is 6. The molecule has 8 heteroatoms. The van der Waals surface area contributed by atoms with Crippen LogP contribution in [0.15, 0.2) is 46.7 Å². The summed E-state index contributed by atoms with van der Waals surface area (Å²) in [6.45, 7) is 0. The van der Waals surface area contributed by atoms with Crippen molar-refractivity contribution in [3.63, 3.8) is 0 Å². The van der Waals surface area contributed by atoms with Crippen molar-refractivity contribution in [1.29, 1.82) is 0 Å². The van der Waals surface area contributed by atoms with Gasteiger partial charge in [0.2, 0.25) is 0 Å². The normalized spacial score (nSPS) is 10.2. The average Bonchev–Trinajstić information content (AvgIpc) is 2.45. The minimum Gasteiger partial charge on any atom is -0.478 e. The van der Waals surface area contributed by atoms with Crippen molar-refractivity contribution in [2.75, 3.05) is 0 Å². The lowest BCUT2D eigenvalue weighted by atomic mass is 10.3. The topological polar surface area (TPSA) is 100 Å². The smallest absolute Gasteiger partial charge is 0.338 e. The summed E-state index contributed by atoms with van der Waals surface area (Å²) in [6.07, 6.45) is 2.96. The van der Waals surface area contributed by atoms with Gasteiger partial charge in [-0.05, 0) is 45.9 Å². The van der Waals surface area contributed by atoms with Gasteiger partial charge in [-0.1, -0.05) is 0 Å². The predicted octanol–water partition coefficient (Wildman–Crippen LogP) is 2.67. The van der Waals surface area contributed by atoms with Gasteiger partial charge in [-0.3, -0.25) is 0 Å². The Bertz CT molecular complexity index is 606. The van der Waals surface area contributed by atoms with Gasteiger partial charge in [0, 0.05) is 12.4 Å². The molecule has 2 N–H and O–H groups in total. The molecule has 2 aromatic rings. The minimum atomic E-state index is -1.08. The van der Waals surface area contributed by atoms with Gasteiger partial charge in [0.15, 0.2) is 0 Å². The van der Waals surface area contributed by atoms with E-state index in [0.29, 0.717) is 10.1 Å². The van der Waals surface area contributed by atoms with E-state index < -0.39 is 11.9 Å². The Kier molecular flexibility index (Phi) is 4.59. The first-order chi connectivity index (χ1) is 9.59. The van der Waals surface area contributed by atoms with Gasteiger partial charge in [0.1, 0.15) is 10.1 Å². The molecule has 0 atom stereocenters. The highest BCUT2D eigenvalue weighted by Gasteiger charge is 2.15. The van der Waals surface area contributed by atoms with Crippen LogP contribution in [-0.4, -0.2) is 32.1 Å². The molecule has 0 aliphatic carbocycles. The summed E-state index contributed by atoms with van der Waals surface area (Å²) in [6, 6.07) is 5.94. The molecule has 0 bridgehead atoms. The first-order valence-electron chi connectivity index (χ1n) is 5.30. The zero-order chi connectivity index (χ0) is 14.5. The average molecular weight is 308 g/mol. The molecule has 2 heterocycles. The lowest BCUT2D eigenvalue weighted by Crippen LogP contribution is -2.01. The second kappa shape index (κ2) is 6.40. The van der Waals surface area contributed by atoms with E-state index in [9.17, 15) is 9.59 Å². The summed E-state index contributed by atoms with van der Waals surface area (Å²) >= 11 is 0. The van der Waals surface area contributed by atoms with Crippen molar-refractivity contribution >= 4 is 33.5 Å². The van der Waals surface area contributed by atoms with Crippen LogP contribution in [0.25, 0.3) is 0 Å². The van der Waals surface area contributed by atoms with E-state index in [1.807, 2.05) is 0 Å². The van der Waals surface area contributed by atoms with E-state index in [2.05, 4.69) is 9.97 Å². The van der Waals surface area contributed by atoms with Crippen LogP contribution in [0.4, 0.5) is 0 Å². The Balaban J connectivity index is 2.22. The van der Waals surface area contributed by atoms with Crippen molar-refractivity contribution in [3.05, 3.63) is 47.8 Å². The van der Waals surface area contributed by atoms with Crippen molar-refractivity contribution in [1.82, 2.24) is 9.97 Å². The van der Waals surface area contributed by atoms with E-state index >= 15 is 0 Å². The SMILES string of the molecule is O=C(O)c1cccnc1SSc1ncccc1C(=O)O. The van der Waals surface area contributed by atoms with Crippen LogP contribution in [0.3, 0.4) is 0 Å². The molecule has 0 unspecified atom stereocenters. The zero-order valence-corrected chi connectivity index (χ0v) is 11.5. The third kappa shape index (κ3) is 3.28. The van der Waals surface area contributed by atoms with Crippen LogP contribution in [0, 0.1) is 0 Å². The Morgan fingerprint density at radius 1 is 0.850 bits per heavy atom. The van der Waals surface area contributed by atoms with E-state index in [1.54, 1.807) is 0 Å². The van der Waals surface area contributed by atoms with E-state index in [-0.39, 0.29) is 11.1 Å². The highest BCUT2D eigenvalue weighted by molar-refractivity contribution is 8.76. The van der Waals surface area contributed by atoms with Gasteiger partial charge in [-0.25, -0.2) is 19.6 Å². The second-order valence-electron chi connectivity index (χ2n) is 3.49. The van der Waals surface area contributed by atoms with Gasteiger partial charge in [0.25, 0.3) is 0 Å². The molecule has 0 saturated carbocycles. The number of nitrogens with zero attached hydrogens (tertiary/aromatic N) is 2. The van der Waals surface area contributed by atoms with Crippen LogP contribution >= 0.6 is 21.6 Å². The molecule has 2 rings (SSSR count). The molecule has 102 valence electrons. The molecule has 6 nitrogen and oxygen atoms in total. The Morgan fingerprint density at radius 2 is 1.25 bits per heavy atom. The second-order valence-corrected chi connectivity index (χ2v) is 5.60. The van der Waals surface area contributed by atoms with E-state index in [4.69, 9.17) is 10.2 Å². The molecule has 0 aliphatic rings. The third-order valence-electron chi connectivity index (χ3n) is 2.20. The summed E-state index contributed by atoms with van der Waals surface area (Å²) < 4.78 is 0. The molecular weight excluding hydrogens is 300 g/mol. The monoisotopic (exact) mass is 308 g/mol. The van der Waals surface area contributed by atoms with Gasteiger partial charge in [-0.15, -0.1) is 0 Å². The molecule has 0 saturated heterocycles. The van der Waals surface area contributed by atoms with Crippen LogP contribution < -0.4 is 0 Å². The maximum atomic E-state index is 11.0. The van der Waals surface area contributed by atoms with Crippen molar-refractivity contribution in [2.24, 2.45) is 0 Å². The molecular formula is C12H8N2O4S2. The lowest BCUT2D eigenvalue weighted by molar-refractivity contribution is 0.0681. The summed E-state index contributed by atoms with van der Waals surface area (Å²) in [5.41, 5.74) is 0.135. The fraction of sp³-hybridized carbons (Fsp3) is 0. The summed E-state index contributed by atoms with van der Waals surface area (Å²) in [5, 5.41) is 18.7. The highest BCUT2D eigenvalue weighted by atomic mass is 33.1. The number of hydrogen-bond donors (Lipinski definition) is 2. The standard InChI is InChI=1S/C12H8N2O4S2/c15-11(16)7-3-1-5-13-9(7)19-20-10-8(12(17)18)4-2-6-14-10/h1-6H,(H,15,16)(H,17,18). The summed E-state index contributed by atoms with van der Waals surface area (Å²) in [5.74, 6) is -2.17. The number of pyridine rings is 2. The molecule has 0 fully saturated rings. The number of aromatic carboxylic acids is 2. The maximum absolute atomic E-state index is 11.0. The van der Waals surface area contributed by atoms with Crippen LogP contribution in [0.5, 0.6) is 0 Å². The molecule has 0 spiro atoms. The number of carbonyl (C=O) groups is 2. The van der Waals surface area contributed by atoms with Gasteiger partial charge >= 0.3 is 11.9 Å². The van der Waals surface area contributed by atoms with Crippen molar-refractivity contribution in [3.8, 4) is 0 Å². The maximum Gasteiger partial charge on any atom is 0.338 e. The summed E-state index contributed by atoms with van der Waals surface area (Å²) in [7, 11) is 2.12. The van der Waals surface area contributed by atoms with Gasteiger partial charge < -0.3 is 10.2 Å². The predicted molar refractivity (Wildman–Crippen MR) is 74.1 cm³/mol. The molecule has 0 radical (unpaired) electrons. The minimum absolute atomic E-state index is 0.0674. The number of rotatable bonds is 5. The highest BCUT2D eigenvalue weighted by Crippen LogP contribution is 2.38. The van der Waals surface area contributed by atoms with Crippen molar-refractivity contribution in [2.45, 2.75) is 10.1 Å². The van der Waals surface area contributed by atoms with Crippen molar-refractivity contribution < 1.29 is 19.8 Å². The third-order valence-corrected chi connectivity index (χ3v) is 4.45. The fourth-order valence-corrected chi connectivity index (χ4v) is 3.45. The van der Waals surface area contributed by atoms with Gasteiger partial charge in [0.05, 0.1) is 11.1 Å². The molecule has 0 aliphatic heterocycles. The Morgan fingerprint density at radius 3 is 1.60 bits per heavy atom. The Hall–Kier alpha value is -2.06. The Labute approximate surface area is 121 Å². The van der Waals surface area contributed by atoms with Crippen LogP contribution in [0.1, 0.15) is 20.7 Å². The van der Waals surface area contributed by atoms with Crippen LogP contribution in [0.2, 0.25) is 0 Å². The quantitative estimate of drug-likeness (QED) is 0.813. The molecule has 0 amide bonds. The van der Waals surface area contributed by atoms with Crippen LogP contribution in [-0.2, 0) is 0 Å². The molecule has 2 aromatic heterocycles. The number of carboxylic acids is 2. The fourth-order valence-electron chi connectivity index (χ4n) is 1.32.